The maximum Gasteiger partial charge on any atom is 0.181 e. The molecule has 16 heavy (non-hydrogen) atoms. The fraction of sp³-hybridized carbons (Fsp3) is 0. The highest BCUT2D eigenvalue weighted by atomic mass is 32.1. The van der Waals surface area contributed by atoms with Crippen LogP contribution in [0.2, 0.25) is 0 Å². The Balaban J connectivity index is 2.38. The third kappa shape index (κ3) is 0.906. The fourth-order valence-electron chi connectivity index (χ4n) is 1.92. The Bertz CT molecular complexity index is 814. The zero-order valence-corrected chi connectivity index (χ0v) is 8.98. The third-order valence-corrected chi connectivity index (χ3v) is 3.81. The summed E-state index contributed by atoms with van der Waals surface area (Å²) in [5.41, 5.74) is 1.90. The predicted octanol–water partition coefficient (Wildman–Crippen LogP) is 2.49. The molecule has 3 aromatic heterocycles. The number of rotatable bonds is 0. The Morgan fingerprint density at radius 3 is 3.06 bits per heavy atom. The van der Waals surface area contributed by atoms with Gasteiger partial charge in [0, 0.05) is 10.1 Å². The third-order valence-electron chi connectivity index (χ3n) is 2.66. The van der Waals surface area contributed by atoms with E-state index < -0.39 is 0 Å². The van der Waals surface area contributed by atoms with Crippen molar-refractivity contribution in [2.24, 2.45) is 0 Å². The zero-order chi connectivity index (χ0) is 10.5. The SMILES string of the molecule is c1ccc2c(c1)sc1c2ncn2cnnc12. The lowest BCUT2D eigenvalue weighted by molar-refractivity contribution is 1.08. The second-order valence-corrected chi connectivity index (χ2v) is 4.63. The molecule has 4 rings (SSSR count). The molecule has 0 saturated heterocycles. The van der Waals surface area contributed by atoms with Gasteiger partial charge in [0.25, 0.3) is 0 Å². The molecule has 0 fully saturated rings. The number of aromatic nitrogens is 4. The second-order valence-electron chi connectivity index (χ2n) is 3.58. The van der Waals surface area contributed by atoms with Crippen molar-refractivity contribution in [3.63, 3.8) is 0 Å². The quantitative estimate of drug-likeness (QED) is 0.462. The van der Waals surface area contributed by atoms with E-state index in [4.69, 9.17) is 0 Å². The van der Waals surface area contributed by atoms with Crippen LogP contribution >= 0.6 is 11.3 Å². The van der Waals surface area contributed by atoms with Crippen LogP contribution in [0.1, 0.15) is 0 Å². The first-order valence-corrected chi connectivity index (χ1v) is 5.71. The van der Waals surface area contributed by atoms with Gasteiger partial charge in [-0.05, 0) is 6.07 Å². The normalized spacial score (nSPS) is 11.8. The molecule has 0 saturated carbocycles. The van der Waals surface area contributed by atoms with Gasteiger partial charge < -0.3 is 0 Å². The van der Waals surface area contributed by atoms with Gasteiger partial charge in [-0.25, -0.2) is 4.98 Å². The van der Waals surface area contributed by atoms with Gasteiger partial charge in [0.1, 0.15) is 12.7 Å². The summed E-state index contributed by atoms with van der Waals surface area (Å²) in [6.45, 7) is 0. The molecule has 5 heteroatoms. The Morgan fingerprint density at radius 2 is 2.06 bits per heavy atom. The molecule has 0 aliphatic carbocycles. The fourth-order valence-corrected chi connectivity index (χ4v) is 3.06. The first-order chi connectivity index (χ1) is 7.93. The van der Waals surface area contributed by atoms with Crippen LogP contribution in [-0.4, -0.2) is 19.6 Å². The van der Waals surface area contributed by atoms with Gasteiger partial charge in [-0.15, -0.1) is 21.5 Å². The van der Waals surface area contributed by atoms with E-state index in [1.807, 2.05) is 16.5 Å². The largest absolute Gasteiger partial charge is 0.271 e. The molecule has 0 unspecified atom stereocenters. The summed E-state index contributed by atoms with van der Waals surface area (Å²) in [6, 6.07) is 8.27. The molecular weight excluding hydrogens is 220 g/mol. The van der Waals surface area contributed by atoms with Crippen LogP contribution in [0.4, 0.5) is 0 Å². The number of hydrogen-bond acceptors (Lipinski definition) is 4. The van der Waals surface area contributed by atoms with E-state index in [2.05, 4.69) is 27.3 Å². The molecule has 76 valence electrons. The Labute approximate surface area is 94.2 Å². The highest BCUT2D eigenvalue weighted by Gasteiger charge is 2.10. The van der Waals surface area contributed by atoms with Crippen molar-refractivity contribution in [1.29, 1.82) is 0 Å². The van der Waals surface area contributed by atoms with E-state index in [0.29, 0.717) is 0 Å². The van der Waals surface area contributed by atoms with Crippen LogP contribution in [-0.2, 0) is 0 Å². The molecule has 4 aromatic rings. The molecule has 0 spiro atoms. The van der Waals surface area contributed by atoms with Crippen molar-refractivity contribution >= 4 is 37.3 Å². The minimum Gasteiger partial charge on any atom is -0.271 e. The van der Waals surface area contributed by atoms with E-state index >= 15 is 0 Å². The topological polar surface area (TPSA) is 43.1 Å². The van der Waals surface area contributed by atoms with E-state index in [-0.39, 0.29) is 0 Å². The second kappa shape index (κ2) is 2.76. The number of fused-ring (bicyclic) bond motifs is 5. The molecule has 4 nitrogen and oxygen atoms in total. The summed E-state index contributed by atoms with van der Waals surface area (Å²) in [5, 5.41) is 9.21. The molecule has 0 atom stereocenters. The van der Waals surface area contributed by atoms with Crippen molar-refractivity contribution in [1.82, 2.24) is 19.6 Å². The van der Waals surface area contributed by atoms with E-state index in [1.165, 1.54) is 10.1 Å². The predicted molar refractivity (Wildman–Crippen MR) is 63.7 cm³/mol. The molecule has 1 aromatic carbocycles. The molecule has 3 heterocycles. The lowest BCUT2D eigenvalue weighted by Crippen LogP contribution is -1.85. The van der Waals surface area contributed by atoms with Crippen molar-refractivity contribution in [3.8, 4) is 0 Å². The van der Waals surface area contributed by atoms with E-state index in [9.17, 15) is 0 Å². The van der Waals surface area contributed by atoms with Gasteiger partial charge in [0.05, 0.1) is 10.2 Å². The number of benzene rings is 1. The molecule has 0 amide bonds. The van der Waals surface area contributed by atoms with Crippen molar-refractivity contribution in [3.05, 3.63) is 36.9 Å². The lowest BCUT2D eigenvalue weighted by atomic mass is 10.2. The molecular formula is C11H6N4S. The maximum absolute atomic E-state index is 4.46. The van der Waals surface area contributed by atoms with Crippen LogP contribution < -0.4 is 0 Å². The van der Waals surface area contributed by atoms with E-state index in [0.717, 1.165) is 15.9 Å². The first-order valence-electron chi connectivity index (χ1n) is 4.89. The Morgan fingerprint density at radius 1 is 1.12 bits per heavy atom. The summed E-state index contributed by atoms with van der Waals surface area (Å²) in [6.07, 6.45) is 3.43. The summed E-state index contributed by atoms with van der Waals surface area (Å²) in [5.74, 6) is 0. The summed E-state index contributed by atoms with van der Waals surface area (Å²) < 4.78 is 4.18. The minimum atomic E-state index is 0.881. The number of thiophene rings is 1. The van der Waals surface area contributed by atoms with Gasteiger partial charge in [-0.3, -0.25) is 4.40 Å². The lowest BCUT2D eigenvalue weighted by Gasteiger charge is -1.92. The summed E-state index contributed by atoms with van der Waals surface area (Å²) >= 11 is 1.71. The first kappa shape index (κ1) is 8.18. The average molecular weight is 226 g/mol. The maximum atomic E-state index is 4.46. The Kier molecular flexibility index (Phi) is 1.41. The van der Waals surface area contributed by atoms with Gasteiger partial charge in [-0.2, -0.15) is 0 Å². The van der Waals surface area contributed by atoms with Gasteiger partial charge in [0.2, 0.25) is 0 Å². The Hall–Kier alpha value is -2.01. The highest BCUT2D eigenvalue weighted by Crippen LogP contribution is 2.33. The number of hydrogen-bond donors (Lipinski definition) is 0. The summed E-state index contributed by atoms with van der Waals surface area (Å²) in [7, 11) is 0. The van der Waals surface area contributed by atoms with Gasteiger partial charge in [0.15, 0.2) is 5.65 Å². The van der Waals surface area contributed by atoms with Gasteiger partial charge >= 0.3 is 0 Å². The van der Waals surface area contributed by atoms with Gasteiger partial charge in [-0.1, -0.05) is 18.2 Å². The molecule has 0 aliphatic heterocycles. The minimum absolute atomic E-state index is 0.881. The van der Waals surface area contributed by atoms with Crippen LogP contribution in [0.5, 0.6) is 0 Å². The smallest absolute Gasteiger partial charge is 0.181 e. The highest BCUT2D eigenvalue weighted by molar-refractivity contribution is 7.26. The molecule has 0 N–H and O–H groups in total. The zero-order valence-electron chi connectivity index (χ0n) is 8.16. The van der Waals surface area contributed by atoms with Crippen LogP contribution in [0.3, 0.4) is 0 Å². The van der Waals surface area contributed by atoms with Crippen molar-refractivity contribution in [2.45, 2.75) is 0 Å². The van der Waals surface area contributed by atoms with Crippen molar-refractivity contribution in [2.75, 3.05) is 0 Å². The summed E-state index contributed by atoms with van der Waals surface area (Å²) in [4.78, 5) is 4.46. The molecule has 0 bridgehead atoms. The van der Waals surface area contributed by atoms with Crippen LogP contribution in [0.25, 0.3) is 25.9 Å². The molecule has 0 radical (unpaired) electrons. The van der Waals surface area contributed by atoms with E-state index in [1.54, 1.807) is 24.0 Å². The van der Waals surface area contributed by atoms with Crippen LogP contribution in [0, 0.1) is 0 Å². The molecule has 0 aliphatic rings. The van der Waals surface area contributed by atoms with Crippen molar-refractivity contribution < 1.29 is 0 Å². The standard InChI is InChI=1S/C11H6N4S/c1-2-4-8-7(3-1)9-10(16-8)11-14-13-6-15(11)5-12-9/h1-6H. The number of nitrogens with zero attached hydrogens (tertiary/aromatic N) is 4. The average Bonchev–Trinajstić information content (AvgIpc) is 2.92. The monoisotopic (exact) mass is 226 g/mol. The van der Waals surface area contributed by atoms with Crippen LogP contribution in [0.15, 0.2) is 36.9 Å².